The summed E-state index contributed by atoms with van der Waals surface area (Å²) in [4.78, 5) is 23.3. The van der Waals surface area contributed by atoms with Crippen molar-refractivity contribution in [1.29, 1.82) is 0 Å². The van der Waals surface area contributed by atoms with Gasteiger partial charge in [-0.15, -0.1) is 0 Å². The summed E-state index contributed by atoms with van der Waals surface area (Å²) in [6, 6.07) is 4.78. The minimum Gasteiger partial charge on any atom is -0.480 e. The van der Waals surface area contributed by atoms with Crippen LogP contribution < -0.4 is 10.0 Å². The second-order valence-electron chi connectivity index (χ2n) is 5.15. The Morgan fingerprint density at radius 3 is 2.62 bits per heavy atom. The number of carbonyl (C=O) groups is 2. The number of hydrogen-bond acceptors (Lipinski definition) is 5. The molecule has 1 atom stereocenters. The van der Waals surface area contributed by atoms with Crippen LogP contribution in [-0.4, -0.2) is 50.9 Å². The molecule has 9 heteroatoms. The molecule has 0 heterocycles. The SMILES string of the molecule is CCCS(=O)(=O)Nc1cccc(C(=O)NC(CCOC)C(=O)O)c1. The fourth-order valence-corrected chi connectivity index (χ4v) is 3.08. The maximum atomic E-state index is 12.2. The fraction of sp³-hybridized carbons (Fsp3) is 0.467. The summed E-state index contributed by atoms with van der Waals surface area (Å²) in [5.74, 6) is -1.79. The predicted octanol–water partition coefficient (Wildman–Crippen LogP) is 1.06. The van der Waals surface area contributed by atoms with E-state index in [4.69, 9.17) is 9.84 Å². The number of amides is 1. The van der Waals surface area contributed by atoms with Crippen LogP contribution in [0.4, 0.5) is 5.69 Å². The summed E-state index contributed by atoms with van der Waals surface area (Å²) in [7, 11) is -2.03. The third kappa shape index (κ3) is 6.55. The number of ether oxygens (including phenoxy) is 1. The Kier molecular flexibility index (Phi) is 7.66. The van der Waals surface area contributed by atoms with Crippen molar-refractivity contribution in [3.05, 3.63) is 29.8 Å². The summed E-state index contributed by atoms with van der Waals surface area (Å²) >= 11 is 0. The van der Waals surface area contributed by atoms with Crippen molar-refractivity contribution in [1.82, 2.24) is 5.32 Å². The summed E-state index contributed by atoms with van der Waals surface area (Å²) < 4.78 is 30.7. The van der Waals surface area contributed by atoms with Crippen LogP contribution >= 0.6 is 0 Å². The van der Waals surface area contributed by atoms with Crippen molar-refractivity contribution in [2.24, 2.45) is 0 Å². The second kappa shape index (κ2) is 9.24. The molecule has 0 aliphatic heterocycles. The first kappa shape index (κ1) is 19.9. The van der Waals surface area contributed by atoms with Gasteiger partial charge in [0.25, 0.3) is 5.91 Å². The molecule has 1 aromatic rings. The van der Waals surface area contributed by atoms with Gasteiger partial charge in [0, 0.05) is 31.4 Å². The van der Waals surface area contributed by atoms with Gasteiger partial charge in [-0.1, -0.05) is 13.0 Å². The lowest BCUT2D eigenvalue weighted by atomic mass is 10.1. The zero-order valence-electron chi connectivity index (χ0n) is 13.6. The average Bonchev–Trinajstić information content (AvgIpc) is 2.50. The largest absolute Gasteiger partial charge is 0.480 e. The van der Waals surface area contributed by atoms with Gasteiger partial charge >= 0.3 is 5.97 Å². The van der Waals surface area contributed by atoms with Crippen LogP contribution in [0.5, 0.6) is 0 Å². The molecular weight excluding hydrogens is 336 g/mol. The Morgan fingerprint density at radius 1 is 1.33 bits per heavy atom. The molecule has 0 aliphatic rings. The third-order valence-electron chi connectivity index (χ3n) is 3.09. The number of carboxylic acid groups (broad SMARTS) is 1. The fourth-order valence-electron chi connectivity index (χ4n) is 1.96. The lowest BCUT2D eigenvalue weighted by Gasteiger charge is -2.14. The highest BCUT2D eigenvalue weighted by Gasteiger charge is 2.20. The van der Waals surface area contributed by atoms with Gasteiger partial charge in [0.05, 0.1) is 5.75 Å². The number of methoxy groups -OCH3 is 1. The molecule has 134 valence electrons. The van der Waals surface area contributed by atoms with E-state index < -0.39 is 27.9 Å². The first-order valence-corrected chi connectivity index (χ1v) is 9.07. The highest BCUT2D eigenvalue weighted by Crippen LogP contribution is 2.13. The van der Waals surface area contributed by atoms with Crippen LogP contribution in [0.2, 0.25) is 0 Å². The highest BCUT2D eigenvalue weighted by atomic mass is 32.2. The molecule has 0 aromatic heterocycles. The van der Waals surface area contributed by atoms with Crippen LogP contribution in [0, 0.1) is 0 Å². The molecule has 1 unspecified atom stereocenters. The summed E-state index contributed by atoms with van der Waals surface area (Å²) in [5, 5.41) is 11.5. The van der Waals surface area contributed by atoms with Gasteiger partial charge < -0.3 is 15.2 Å². The second-order valence-corrected chi connectivity index (χ2v) is 6.99. The number of aliphatic carboxylic acids is 1. The first-order valence-electron chi connectivity index (χ1n) is 7.42. The lowest BCUT2D eigenvalue weighted by molar-refractivity contribution is -0.139. The summed E-state index contributed by atoms with van der Waals surface area (Å²) in [6.45, 7) is 1.93. The Morgan fingerprint density at radius 2 is 2.04 bits per heavy atom. The number of carbonyl (C=O) groups excluding carboxylic acids is 1. The minimum atomic E-state index is -3.47. The van der Waals surface area contributed by atoms with E-state index in [1.165, 1.54) is 31.4 Å². The zero-order valence-corrected chi connectivity index (χ0v) is 14.4. The van der Waals surface area contributed by atoms with Crippen LogP contribution in [-0.2, 0) is 19.6 Å². The van der Waals surface area contributed by atoms with E-state index in [9.17, 15) is 18.0 Å². The molecule has 1 amide bonds. The Bertz CT molecular complexity index is 674. The minimum absolute atomic E-state index is 0.0263. The molecule has 0 bridgehead atoms. The zero-order chi connectivity index (χ0) is 18.2. The molecule has 0 radical (unpaired) electrons. The predicted molar refractivity (Wildman–Crippen MR) is 89.5 cm³/mol. The standard InChI is InChI=1S/C15H22N2O6S/c1-3-9-24(21,22)17-12-6-4-5-11(10-12)14(18)16-13(15(19)20)7-8-23-2/h4-6,10,13,17H,3,7-9H2,1-2H3,(H,16,18)(H,19,20). The van der Waals surface area contributed by atoms with Gasteiger partial charge in [0.2, 0.25) is 10.0 Å². The molecule has 0 spiro atoms. The number of sulfonamides is 1. The Labute approximate surface area is 141 Å². The normalized spacial score (nSPS) is 12.4. The van der Waals surface area contributed by atoms with E-state index >= 15 is 0 Å². The number of anilines is 1. The van der Waals surface area contributed by atoms with Crippen molar-refractivity contribution in [3.8, 4) is 0 Å². The average molecular weight is 358 g/mol. The van der Waals surface area contributed by atoms with E-state index in [0.717, 1.165) is 0 Å². The third-order valence-corrected chi connectivity index (χ3v) is 4.58. The van der Waals surface area contributed by atoms with Crippen molar-refractivity contribution >= 4 is 27.6 Å². The van der Waals surface area contributed by atoms with E-state index in [-0.39, 0.29) is 30.0 Å². The molecule has 8 nitrogen and oxygen atoms in total. The number of carboxylic acids is 1. The summed E-state index contributed by atoms with van der Waals surface area (Å²) in [5.41, 5.74) is 0.412. The van der Waals surface area contributed by atoms with Crippen LogP contribution in [0.3, 0.4) is 0 Å². The summed E-state index contributed by atoms with van der Waals surface area (Å²) in [6.07, 6.45) is 0.593. The quantitative estimate of drug-likeness (QED) is 0.575. The Balaban J connectivity index is 2.84. The Hall–Kier alpha value is -2.13. The molecular formula is C15H22N2O6S. The maximum absolute atomic E-state index is 12.2. The number of rotatable bonds is 10. The molecule has 0 saturated heterocycles. The molecule has 1 rings (SSSR count). The molecule has 24 heavy (non-hydrogen) atoms. The molecule has 3 N–H and O–H groups in total. The van der Waals surface area contributed by atoms with E-state index in [1.807, 2.05) is 0 Å². The van der Waals surface area contributed by atoms with E-state index in [0.29, 0.717) is 6.42 Å². The van der Waals surface area contributed by atoms with Gasteiger partial charge in [-0.05, 0) is 24.6 Å². The van der Waals surface area contributed by atoms with Crippen molar-refractivity contribution in [2.45, 2.75) is 25.8 Å². The van der Waals surface area contributed by atoms with Gasteiger partial charge in [-0.25, -0.2) is 13.2 Å². The van der Waals surface area contributed by atoms with Crippen LogP contribution in [0.15, 0.2) is 24.3 Å². The smallest absolute Gasteiger partial charge is 0.326 e. The van der Waals surface area contributed by atoms with Gasteiger partial charge in [-0.2, -0.15) is 0 Å². The number of benzene rings is 1. The lowest BCUT2D eigenvalue weighted by Crippen LogP contribution is -2.41. The van der Waals surface area contributed by atoms with Gasteiger partial charge in [-0.3, -0.25) is 9.52 Å². The monoisotopic (exact) mass is 358 g/mol. The number of hydrogen-bond donors (Lipinski definition) is 3. The molecule has 0 saturated carbocycles. The molecule has 1 aromatic carbocycles. The van der Waals surface area contributed by atoms with Gasteiger partial charge in [0.15, 0.2) is 0 Å². The molecule has 0 fully saturated rings. The van der Waals surface area contributed by atoms with Crippen molar-refractivity contribution in [2.75, 3.05) is 24.2 Å². The van der Waals surface area contributed by atoms with Gasteiger partial charge in [0.1, 0.15) is 6.04 Å². The van der Waals surface area contributed by atoms with Crippen molar-refractivity contribution in [3.63, 3.8) is 0 Å². The topological polar surface area (TPSA) is 122 Å². The van der Waals surface area contributed by atoms with E-state index in [2.05, 4.69) is 10.0 Å². The van der Waals surface area contributed by atoms with Crippen LogP contribution in [0.1, 0.15) is 30.1 Å². The molecule has 0 aliphatic carbocycles. The van der Waals surface area contributed by atoms with E-state index in [1.54, 1.807) is 6.92 Å². The number of nitrogens with one attached hydrogen (secondary N) is 2. The van der Waals surface area contributed by atoms with Crippen LogP contribution in [0.25, 0.3) is 0 Å². The maximum Gasteiger partial charge on any atom is 0.326 e. The first-order chi connectivity index (χ1) is 11.3. The highest BCUT2D eigenvalue weighted by molar-refractivity contribution is 7.92. The van der Waals surface area contributed by atoms with Crippen molar-refractivity contribution < 1.29 is 27.9 Å².